The molecule has 4 rings (SSSR count). The molecule has 0 radical (unpaired) electrons. The van der Waals surface area contributed by atoms with E-state index in [1.54, 1.807) is 18.2 Å². The molecule has 7 nitrogen and oxygen atoms in total. The Morgan fingerprint density at radius 1 is 1.12 bits per heavy atom. The summed E-state index contributed by atoms with van der Waals surface area (Å²) in [5.74, 6) is -0.755. The number of benzene rings is 1. The molecule has 0 bridgehead atoms. The number of aromatic nitrogens is 1. The lowest BCUT2D eigenvalue weighted by Crippen LogP contribution is -2.27. The number of esters is 1. The quantitative estimate of drug-likeness (QED) is 0.312. The summed E-state index contributed by atoms with van der Waals surface area (Å²) in [6.45, 7) is 3.78. The Kier molecular flexibility index (Phi) is 6.43. The van der Waals surface area contributed by atoms with E-state index in [0.717, 1.165) is 39.3 Å². The van der Waals surface area contributed by atoms with Crippen LogP contribution in [0.3, 0.4) is 0 Å². The van der Waals surface area contributed by atoms with Gasteiger partial charge in [-0.3, -0.25) is 14.5 Å². The number of furan rings is 1. The number of ether oxygens (including phenoxy) is 1. The number of aryl methyl sites for hydroxylation is 1. The molecule has 33 heavy (non-hydrogen) atoms. The van der Waals surface area contributed by atoms with E-state index < -0.39 is 17.1 Å². The average Bonchev–Trinajstić information content (AvgIpc) is 3.43. The van der Waals surface area contributed by atoms with Gasteiger partial charge in [0.1, 0.15) is 5.76 Å². The summed E-state index contributed by atoms with van der Waals surface area (Å²) < 4.78 is 12.0. The number of hydrogen-bond donors (Lipinski definition) is 0. The first-order valence-corrected chi connectivity index (χ1v) is 11.3. The number of imide groups is 1. The predicted molar refractivity (Wildman–Crippen MR) is 127 cm³/mol. The molecule has 0 saturated carbocycles. The molecule has 0 aliphatic carbocycles. The summed E-state index contributed by atoms with van der Waals surface area (Å²) in [5, 5.41) is 0.491. The van der Waals surface area contributed by atoms with E-state index in [9.17, 15) is 14.4 Å². The van der Waals surface area contributed by atoms with Crippen LogP contribution in [0.1, 0.15) is 33.3 Å². The van der Waals surface area contributed by atoms with E-state index in [1.165, 1.54) is 19.2 Å². The zero-order chi connectivity index (χ0) is 23.9. The Balaban J connectivity index is 1.59. The summed E-state index contributed by atoms with van der Waals surface area (Å²) in [6.07, 6.45) is 1.70. The maximum atomic E-state index is 12.9. The fourth-order valence-corrected chi connectivity index (χ4v) is 4.68. The number of carbonyl (C=O) groups is 3. The highest BCUT2D eigenvalue weighted by Gasteiger charge is 2.36. The van der Waals surface area contributed by atoms with Crippen LogP contribution in [0, 0.1) is 13.8 Å². The van der Waals surface area contributed by atoms with Crippen LogP contribution < -0.4 is 0 Å². The van der Waals surface area contributed by atoms with Crippen molar-refractivity contribution in [1.29, 1.82) is 0 Å². The van der Waals surface area contributed by atoms with E-state index >= 15 is 0 Å². The van der Waals surface area contributed by atoms with Gasteiger partial charge >= 0.3 is 5.97 Å². The van der Waals surface area contributed by atoms with Gasteiger partial charge in [-0.25, -0.2) is 4.79 Å². The van der Waals surface area contributed by atoms with Crippen LogP contribution in [0.4, 0.5) is 4.79 Å². The van der Waals surface area contributed by atoms with Crippen LogP contribution in [-0.2, 0) is 16.1 Å². The van der Waals surface area contributed by atoms with Crippen molar-refractivity contribution in [3.8, 4) is 5.69 Å². The van der Waals surface area contributed by atoms with Gasteiger partial charge in [0.25, 0.3) is 11.1 Å². The standard InChI is InChI=1S/C23H18Cl2N2O5S/c1-12-8-14(13(2)27(12)15-4-6-17(24)18(25)10-15)9-20-21(28)26(23(30)33-20)11-16-5-7-19(32-16)22(29)31-3/h4-10H,11H2,1-3H3/b20-9-. The molecule has 1 aliphatic rings. The first-order valence-electron chi connectivity index (χ1n) is 9.76. The van der Waals surface area contributed by atoms with Gasteiger partial charge in [-0.2, -0.15) is 0 Å². The van der Waals surface area contributed by atoms with Crippen molar-refractivity contribution >= 4 is 58.2 Å². The number of amides is 2. The Morgan fingerprint density at radius 3 is 2.58 bits per heavy atom. The highest BCUT2D eigenvalue weighted by molar-refractivity contribution is 8.18. The van der Waals surface area contributed by atoms with E-state index in [-0.39, 0.29) is 12.3 Å². The van der Waals surface area contributed by atoms with E-state index in [0.29, 0.717) is 20.7 Å². The molecule has 0 atom stereocenters. The number of carbonyl (C=O) groups excluding carboxylic acids is 3. The summed E-state index contributed by atoms with van der Waals surface area (Å²) in [7, 11) is 1.24. The second-order valence-corrected chi connectivity index (χ2v) is 9.09. The Labute approximate surface area is 203 Å². The number of thioether (sulfide) groups is 1. The van der Waals surface area contributed by atoms with Crippen molar-refractivity contribution < 1.29 is 23.5 Å². The summed E-state index contributed by atoms with van der Waals surface area (Å²) in [5.41, 5.74) is 3.45. The SMILES string of the molecule is COC(=O)c1ccc(CN2C(=O)S/C(=C\c3cc(C)n(-c4ccc(Cl)c(Cl)c4)c3C)C2=O)o1. The largest absolute Gasteiger partial charge is 0.463 e. The van der Waals surface area contributed by atoms with Crippen molar-refractivity contribution in [2.45, 2.75) is 20.4 Å². The van der Waals surface area contributed by atoms with Gasteiger partial charge in [0.2, 0.25) is 5.76 Å². The zero-order valence-electron chi connectivity index (χ0n) is 17.8. The molecule has 2 amide bonds. The maximum Gasteiger partial charge on any atom is 0.373 e. The monoisotopic (exact) mass is 504 g/mol. The van der Waals surface area contributed by atoms with Crippen molar-refractivity contribution in [2.75, 3.05) is 7.11 Å². The second kappa shape index (κ2) is 9.13. The minimum absolute atomic E-state index is 0.00440. The zero-order valence-corrected chi connectivity index (χ0v) is 20.2. The van der Waals surface area contributed by atoms with Gasteiger partial charge in [-0.1, -0.05) is 23.2 Å². The van der Waals surface area contributed by atoms with Gasteiger partial charge in [0, 0.05) is 17.1 Å². The van der Waals surface area contributed by atoms with Crippen molar-refractivity contribution in [3.05, 3.63) is 79.8 Å². The number of nitrogens with zero attached hydrogens (tertiary/aromatic N) is 2. The van der Waals surface area contributed by atoms with Crippen molar-refractivity contribution in [1.82, 2.24) is 9.47 Å². The first kappa shape index (κ1) is 23.2. The molecule has 1 aromatic carbocycles. The maximum absolute atomic E-state index is 12.9. The summed E-state index contributed by atoms with van der Waals surface area (Å²) >= 11 is 13.1. The molecule has 1 aliphatic heterocycles. The predicted octanol–water partition coefficient (Wildman–Crippen LogP) is 6.02. The molecule has 2 aromatic heterocycles. The van der Waals surface area contributed by atoms with Crippen molar-refractivity contribution in [2.24, 2.45) is 0 Å². The van der Waals surface area contributed by atoms with Crippen LogP contribution in [0.5, 0.6) is 0 Å². The topological polar surface area (TPSA) is 81.8 Å². The average molecular weight is 505 g/mol. The number of halogens is 2. The van der Waals surface area contributed by atoms with Crippen LogP contribution in [0.2, 0.25) is 10.0 Å². The molecule has 3 heterocycles. The molecule has 0 unspecified atom stereocenters. The fourth-order valence-electron chi connectivity index (χ4n) is 3.56. The third kappa shape index (κ3) is 4.46. The highest BCUT2D eigenvalue weighted by atomic mass is 35.5. The van der Waals surface area contributed by atoms with Gasteiger partial charge in [-0.15, -0.1) is 0 Å². The molecule has 10 heteroatoms. The third-order valence-electron chi connectivity index (χ3n) is 5.15. The Bertz CT molecular complexity index is 1320. The number of methoxy groups -OCH3 is 1. The fraction of sp³-hybridized carbons (Fsp3) is 0.174. The van der Waals surface area contributed by atoms with E-state index in [4.69, 9.17) is 27.6 Å². The van der Waals surface area contributed by atoms with Gasteiger partial charge < -0.3 is 13.7 Å². The lowest BCUT2D eigenvalue weighted by molar-refractivity contribution is -0.123. The van der Waals surface area contributed by atoms with Gasteiger partial charge in [0.15, 0.2) is 0 Å². The summed E-state index contributed by atoms with van der Waals surface area (Å²) in [4.78, 5) is 38.3. The van der Waals surface area contributed by atoms with E-state index in [1.807, 2.05) is 30.5 Å². The minimum Gasteiger partial charge on any atom is -0.463 e. The highest BCUT2D eigenvalue weighted by Crippen LogP contribution is 2.35. The van der Waals surface area contributed by atoms with E-state index in [2.05, 4.69) is 4.74 Å². The van der Waals surface area contributed by atoms with Gasteiger partial charge in [-0.05, 0) is 73.6 Å². The number of hydrogen-bond acceptors (Lipinski definition) is 6. The molecule has 0 spiro atoms. The molecule has 170 valence electrons. The molecule has 1 fully saturated rings. The first-order chi connectivity index (χ1) is 15.7. The number of rotatable bonds is 5. The lowest BCUT2D eigenvalue weighted by atomic mass is 10.2. The van der Waals surface area contributed by atoms with Crippen LogP contribution in [0.25, 0.3) is 11.8 Å². The molecule has 1 saturated heterocycles. The molecule has 0 N–H and O–H groups in total. The second-order valence-electron chi connectivity index (χ2n) is 7.29. The normalized spacial score (nSPS) is 15.1. The lowest BCUT2D eigenvalue weighted by Gasteiger charge is -2.11. The summed E-state index contributed by atoms with van der Waals surface area (Å²) in [6, 6.07) is 10.3. The van der Waals surface area contributed by atoms with Crippen LogP contribution in [-0.4, -0.2) is 33.7 Å². The molecular formula is C23H18Cl2N2O5S. The van der Waals surface area contributed by atoms with Crippen molar-refractivity contribution in [3.63, 3.8) is 0 Å². The Morgan fingerprint density at radius 2 is 1.88 bits per heavy atom. The minimum atomic E-state index is -0.632. The van der Waals surface area contributed by atoms with Crippen LogP contribution >= 0.6 is 35.0 Å². The Hall–Kier alpha value is -2.94. The molecule has 3 aromatic rings. The van der Waals surface area contributed by atoms with Gasteiger partial charge in [0.05, 0.1) is 28.6 Å². The smallest absolute Gasteiger partial charge is 0.373 e. The third-order valence-corrected chi connectivity index (χ3v) is 6.80. The van der Waals surface area contributed by atoms with Crippen LogP contribution in [0.15, 0.2) is 45.7 Å². The molecular weight excluding hydrogens is 487 g/mol.